The average molecular weight is 255 g/mol. The number of nitrogens with zero attached hydrogens (tertiary/aromatic N) is 1. The second kappa shape index (κ2) is 6.36. The van der Waals surface area contributed by atoms with Gasteiger partial charge in [-0.1, -0.05) is 26.8 Å². The molecule has 0 amide bonds. The quantitative estimate of drug-likeness (QED) is 0.814. The van der Waals surface area contributed by atoms with Crippen LogP contribution >= 0.6 is 11.6 Å². The van der Waals surface area contributed by atoms with Crippen molar-refractivity contribution in [2.75, 3.05) is 5.88 Å². The third kappa shape index (κ3) is 5.05. The normalized spacial score (nSPS) is 13.7. The largest absolute Gasteiger partial charge is 0.309 e. The summed E-state index contributed by atoms with van der Waals surface area (Å²) in [5.41, 5.74) is 2.66. The second-order valence-corrected chi connectivity index (χ2v) is 6.03. The Morgan fingerprint density at radius 2 is 2.06 bits per heavy atom. The van der Waals surface area contributed by atoms with Crippen LogP contribution in [0.15, 0.2) is 18.5 Å². The van der Waals surface area contributed by atoms with E-state index in [2.05, 4.69) is 44.1 Å². The van der Waals surface area contributed by atoms with Crippen LogP contribution in [0.3, 0.4) is 0 Å². The van der Waals surface area contributed by atoms with E-state index in [0.29, 0.717) is 11.9 Å². The molecule has 1 aromatic heterocycles. The highest BCUT2D eigenvalue weighted by Crippen LogP contribution is 2.22. The molecule has 0 aliphatic rings. The number of pyridine rings is 1. The number of hydrogen-bond donors (Lipinski definition) is 1. The molecule has 1 aromatic rings. The molecule has 0 saturated heterocycles. The van der Waals surface area contributed by atoms with Crippen LogP contribution in [-0.2, 0) is 6.54 Å². The molecule has 0 saturated carbocycles. The molecular weight excluding hydrogens is 232 g/mol. The van der Waals surface area contributed by atoms with E-state index in [4.69, 9.17) is 11.6 Å². The van der Waals surface area contributed by atoms with Crippen molar-refractivity contribution in [1.82, 2.24) is 10.3 Å². The van der Waals surface area contributed by atoms with E-state index in [0.717, 1.165) is 13.0 Å². The smallest absolute Gasteiger partial charge is 0.0313 e. The first-order valence-corrected chi connectivity index (χ1v) is 6.67. The fourth-order valence-electron chi connectivity index (χ4n) is 1.91. The van der Waals surface area contributed by atoms with E-state index in [-0.39, 0.29) is 5.41 Å². The number of nitrogens with one attached hydrogen (secondary N) is 1. The third-order valence-electron chi connectivity index (χ3n) is 2.93. The standard InChI is InChI=1S/C14H23ClN2/c1-11-7-12(9-16-8-11)10-17-13(5-6-15)14(2,3)4/h7-9,13,17H,5-6,10H2,1-4H3. The van der Waals surface area contributed by atoms with Crippen LogP contribution in [0.1, 0.15) is 38.3 Å². The molecule has 1 heterocycles. The van der Waals surface area contributed by atoms with E-state index in [1.807, 2.05) is 12.4 Å². The van der Waals surface area contributed by atoms with Crippen molar-refractivity contribution in [3.63, 3.8) is 0 Å². The maximum atomic E-state index is 5.86. The number of aromatic nitrogens is 1. The van der Waals surface area contributed by atoms with Gasteiger partial charge in [-0.2, -0.15) is 0 Å². The fraction of sp³-hybridized carbons (Fsp3) is 0.643. The van der Waals surface area contributed by atoms with Gasteiger partial charge in [0.1, 0.15) is 0 Å². The molecule has 0 aliphatic carbocycles. The lowest BCUT2D eigenvalue weighted by Crippen LogP contribution is -2.40. The summed E-state index contributed by atoms with van der Waals surface area (Å²) in [4.78, 5) is 4.20. The molecular formula is C14H23ClN2. The molecule has 0 radical (unpaired) electrons. The van der Waals surface area contributed by atoms with Gasteiger partial charge in [0.2, 0.25) is 0 Å². The van der Waals surface area contributed by atoms with Crippen molar-refractivity contribution in [3.05, 3.63) is 29.6 Å². The molecule has 1 unspecified atom stereocenters. The van der Waals surface area contributed by atoms with Crippen molar-refractivity contribution in [2.24, 2.45) is 5.41 Å². The topological polar surface area (TPSA) is 24.9 Å². The van der Waals surface area contributed by atoms with Crippen molar-refractivity contribution < 1.29 is 0 Å². The summed E-state index contributed by atoms with van der Waals surface area (Å²) in [6.07, 6.45) is 4.79. The second-order valence-electron chi connectivity index (χ2n) is 5.65. The summed E-state index contributed by atoms with van der Waals surface area (Å²) < 4.78 is 0. The van der Waals surface area contributed by atoms with Crippen LogP contribution in [0.2, 0.25) is 0 Å². The van der Waals surface area contributed by atoms with Crippen molar-refractivity contribution in [1.29, 1.82) is 0 Å². The number of hydrogen-bond acceptors (Lipinski definition) is 2. The Morgan fingerprint density at radius 3 is 2.59 bits per heavy atom. The molecule has 2 nitrogen and oxygen atoms in total. The van der Waals surface area contributed by atoms with Crippen LogP contribution in [0.25, 0.3) is 0 Å². The molecule has 0 fully saturated rings. The first-order valence-electron chi connectivity index (χ1n) is 6.13. The number of aryl methyl sites for hydroxylation is 1. The van der Waals surface area contributed by atoms with E-state index in [9.17, 15) is 0 Å². The molecule has 17 heavy (non-hydrogen) atoms. The van der Waals surface area contributed by atoms with E-state index in [1.54, 1.807) is 0 Å². The lowest BCUT2D eigenvalue weighted by molar-refractivity contribution is 0.260. The van der Waals surface area contributed by atoms with Crippen LogP contribution in [-0.4, -0.2) is 16.9 Å². The van der Waals surface area contributed by atoms with E-state index < -0.39 is 0 Å². The van der Waals surface area contributed by atoms with Gasteiger partial charge in [-0.15, -0.1) is 11.6 Å². The molecule has 0 aromatic carbocycles. The molecule has 96 valence electrons. The van der Waals surface area contributed by atoms with Crippen LogP contribution in [0.4, 0.5) is 0 Å². The number of rotatable bonds is 5. The minimum atomic E-state index is 0.228. The molecule has 0 bridgehead atoms. The van der Waals surface area contributed by atoms with Crippen molar-refractivity contribution in [2.45, 2.75) is 46.7 Å². The molecule has 0 aliphatic heterocycles. The summed E-state index contributed by atoms with van der Waals surface area (Å²) in [5.74, 6) is 0.695. The maximum Gasteiger partial charge on any atom is 0.0313 e. The van der Waals surface area contributed by atoms with Gasteiger partial charge in [-0.05, 0) is 29.9 Å². The minimum absolute atomic E-state index is 0.228. The van der Waals surface area contributed by atoms with Crippen LogP contribution in [0.5, 0.6) is 0 Å². The number of alkyl halides is 1. The summed E-state index contributed by atoms with van der Waals surface area (Å²) in [6.45, 7) is 9.65. The first-order chi connectivity index (χ1) is 7.93. The zero-order valence-corrected chi connectivity index (χ0v) is 12.0. The number of halogens is 1. The zero-order valence-electron chi connectivity index (χ0n) is 11.3. The van der Waals surface area contributed by atoms with Gasteiger partial charge in [0.05, 0.1) is 0 Å². The lowest BCUT2D eigenvalue weighted by Gasteiger charge is -2.31. The van der Waals surface area contributed by atoms with Gasteiger partial charge in [0.15, 0.2) is 0 Å². The van der Waals surface area contributed by atoms with Gasteiger partial charge in [-0.3, -0.25) is 4.98 Å². The maximum absolute atomic E-state index is 5.86. The molecule has 1 N–H and O–H groups in total. The molecule has 1 atom stereocenters. The first kappa shape index (κ1) is 14.5. The van der Waals surface area contributed by atoms with Crippen molar-refractivity contribution >= 4 is 11.6 Å². The highest BCUT2D eigenvalue weighted by molar-refractivity contribution is 6.17. The Bertz CT molecular complexity index is 344. The van der Waals surface area contributed by atoms with Crippen molar-refractivity contribution in [3.8, 4) is 0 Å². The summed E-state index contributed by atoms with van der Waals surface area (Å²) in [5, 5.41) is 3.58. The Morgan fingerprint density at radius 1 is 1.35 bits per heavy atom. The highest BCUT2D eigenvalue weighted by Gasteiger charge is 2.23. The molecule has 1 rings (SSSR count). The van der Waals surface area contributed by atoms with Crippen LogP contribution < -0.4 is 5.32 Å². The fourth-order valence-corrected chi connectivity index (χ4v) is 2.12. The highest BCUT2D eigenvalue weighted by atomic mass is 35.5. The predicted molar refractivity (Wildman–Crippen MR) is 74.4 cm³/mol. The zero-order chi connectivity index (χ0) is 12.9. The van der Waals surface area contributed by atoms with Gasteiger partial charge in [0, 0.05) is 30.9 Å². The molecule has 0 spiro atoms. The van der Waals surface area contributed by atoms with Gasteiger partial charge in [-0.25, -0.2) is 0 Å². The molecule has 3 heteroatoms. The van der Waals surface area contributed by atoms with E-state index >= 15 is 0 Å². The average Bonchev–Trinajstić information content (AvgIpc) is 2.22. The monoisotopic (exact) mass is 254 g/mol. The third-order valence-corrected chi connectivity index (χ3v) is 3.15. The Hall–Kier alpha value is -0.600. The summed E-state index contributed by atoms with van der Waals surface area (Å²) in [7, 11) is 0. The van der Waals surface area contributed by atoms with Gasteiger partial charge in [0.25, 0.3) is 0 Å². The van der Waals surface area contributed by atoms with E-state index in [1.165, 1.54) is 11.1 Å². The van der Waals surface area contributed by atoms with Crippen LogP contribution in [0, 0.1) is 12.3 Å². The SMILES string of the molecule is Cc1cncc(CNC(CCCl)C(C)(C)C)c1. The lowest BCUT2D eigenvalue weighted by atomic mass is 9.85. The minimum Gasteiger partial charge on any atom is -0.309 e. The van der Waals surface area contributed by atoms with Gasteiger partial charge >= 0.3 is 0 Å². The summed E-state index contributed by atoms with van der Waals surface area (Å²) in [6, 6.07) is 2.60. The predicted octanol–water partition coefficient (Wildman–Crippen LogP) is 3.52. The Labute approximate surface area is 110 Å². The Balaban J connectivity index is 2.58. The summed E-state index contributed by atoms with van der Waals surface area (Å²) >= 11 is 5.86. The Kier molecular flexibility index (Phi) is 5.41. The van der Waals surface area contributed by atoms with Gasteiger partial charge < -0.3 is 5.32 Å².